The predicted octanol–water partition coefficient (Wildman–Crippen LogP) is 2.90. The van der Waals surface area contributed by atoms with Crippen molar-refractivity contribution in [1.82, 2.24) is 9.78 Å². The van der Waals surface area contributed by atoms with E-state index in [0.29, 0.717) is 5.69 Å². The molecule has 0 fully saturated rings. The molecule has 2 rings (SSSR count). The van der Waals surface area contributed by atoms with Gasteiger partial charge in [-0.1, -0.05) is 0 Å². The molecule has 1 heterocycles. The summed E-state index contributed by atoms with van der Waals surface area (Å²) in [7, 11) is 1.66. The van der Waals surface area contributed by atoms with Crippen LogP contribution in [0.3, 0.4) is 0 Å². The van der Waals surface area contributed by atoms with Crippen LogP contribution >= 0.6 is 0 Å². The summed E-state index contributed by atoms with van der Waals surface area (Å²) in [5.74, 6) is -5.78. The Morgan fingerprint density at radius 2 is 1.68 bits per heavy atom. The molecular weight excluding hydrogens is 262 g/mol. The summed E-state index contributed by atoms with van der Waals surface area (Å²) in [6.07, 6.45) is 0. The van der Waals surface area contributed by atoms with Gasteiger partial charge in [0.05, 0.1) is 17.9 Å². The van der Waals surface area contributed by atoms with E-state index in [4.69, 9.17) is 0 Å². The zero-order valence-electron chi connectivity index (χ0n) is 10.3. The Morgan fingerprint density at radius 1 is 1.11 bits per heavy atom. The van der Waals surface area contributed by atoms with Crippen molar-refractivity contribution in [2.24, 2.45) is 7.05 Å². The van der Waals surface area contributed by atoms with Crippen molar-refractivity contribution in [1.29, 1.82) is 0 Å². The number of halogens is 4. The topological polar surface area (TPSA) is 29.9 Å². The minimum atomic E-state index is -1.45. The molecule has 7 heteroatoms. The van der Waals surface area contributed by atoms with Crippen LogP contribution < -0.4 is 5.32 Å². The Bertz CT molecular complexity index is 596. The van der Waals surface area contributed by atoms with E-state index < -0.39 is 29.0 Å². The number of hydrogen-bond acceptors (Lipinski definition) is 2. The molecule has 0 aliphatic carbocycles. The molecular formula is C12H11F4N3. The normalized spacial score (nSPS) is 10.8. The molecule has 1 N–H and O–H groups in total. The van der Waals surface area contributed by atoms with Crippen LogP contribution in [-0.2, 0) is 13.6 Å². The molecule has 0 spiro atoms. The lowest BCUT2D eigenvalue weighted by molar-refractivity contribution is 0.458. The third-order valence-electron chi connectivity index (χ3n) is 2.66. The molecule has 0 unspecified atom stereocenters. The maximum absolute atomic E-state index is 13.4. The first kappa shape index (κ1) is 13.4. The van der Waals surface area contributed by atoms with Gasteiger partial charge in [-0.15, -0.1) is 0 Å². The van der Waals surface area contributed by atoms with E-state index in [2.05, 4.69) is 10.4 Å². The van der Waals surface area contributed by atoms with Gasteiger partial charge in [0, 0.05) is 13.1 Å². The van der Waals surface area contributed by atoms with E-state index in [1.54, 1.807) is 20.0 Å². The summed E-state index contributed by atoms with van der Waals surface area (Å²) >= 11 is 0. The van der Waals surface area contributed by atoms with E-state index in [1.165, 1.54) is 4.68 Å². The number of nitrogens with zero attached hydrogens (tertiary/aromatic N) is 2. The van der Waals surface area contributed by atoms with Crippen LogP contribution in [0.1, 0.15) is 11.4 Å². The third kappa shape index (κ3) is 2.54. The van der Waals surface area contributed by atoms with Gasteiger partial charge in [0.15, 0.2) is 23.3 Å². The molecule has 0 saturated heterocycles. The smallest absolute Gasteiger partial charge is 0.185 e. The standard InChI is InChI=1S/C12H11F4N3/c1-6-3-7(19(2)18-6)5-17-12-10(15)8(13)4-9(14)11(12)16/h3-4,17H,5H2,1-2H3. The van der Waals surface area contributed by atoms with Gasteiger partial charge in [-0.05, 0) is 13.0 Å². The van der Waals surface area contributed by atoms with Crippen LogP contribution in [0.2, 0.25) is 0 Å². The molecule has 1 aromatic heterocycles. The Morgan fingerprint density at radius 3 is 2.16 bits per heavy atom. The average molecular weight is 273 g/mol. The molecule has 1 aromatic carbocycles. The van der Waals surface area contributed by atoms with Crippen molar-refractivity contribution >= 4 is 5.69 Å². The van der Waals surface area contributed by atoms with Crippen molar-refractivity contribution in [2.75, 3.05) is 5.32 Å². The third-order valence-corrected chi connectivity index (χ3v) is 2.66. The van der Waals surface area contributed by atoms with E-state index in [-0.39, 0.29) is 12.6 Å². The Kier molecular flexibility index (Phi) is 3.46. The molecule has 102 valence electrons. The second-order valence-electron chi connectivity index (χ2n) is 4.10. The second kappa shape index (κ2) is 4.91. The van der Waals surface area contributed by atoms with Crippen molar-refractivity contribution in [3.05, 3.63) is 46.8 Å². The molecule has 0 radical (unpaired) electrons. The van der Waals surface area contributed by atoms with E-state index in [0.717, 1.165) is 5.69 Å². The quantitative estimate of drug-likeness (QED) is 0.688. The molecule has 0 aliphatic rings. The monoisotopic (exact) mass is 273 g/mol. The van der Waals surface area contributed by atoms with Gasteiger partial charge in [-0.2, -0.15) is 5.10 Å². The van der Waals surface area contributed by atoms with E-state index >= 15 is 0 Å². The molecule has 0 bridgehead atoms. The molecule has 19 heavy (non-hydrogen) atoms. The molecule has 0 saturated carbocycles. The molecule has 3 nitrogen and oxygen atoms in total. The fourth-order valence-electron chi connectivity index (χ4n) is 1.74. The number of nitrogens with one attached hydrogen (secondary N) is 1. The highest BCUT2D eigenvalue weighted by molar-refractivity contribution is 5.47. The van der Waals surface area contributed by atoms with Crippen LogP contribution in [0.4, 0.5) is 23.2 Å². The summed E-state index contributed by atoms with van der Waals surface area (Å²) in [6.45, 7) is 1.75. The van der Waals surface area contributed by atoms with Crippen LogP contribution in [0.5, 0.6) is 0 Å². The van der Waals surface area contributed by atoms with Crippen LogP contribution in [0.15, 0.2) is 12.1 Å². The number of rotatable bonds is 3. The van der Waals surface area contributed by atoms with Crippen LogP contribution in [-0.4, -0.2) is 9.78 Å². The molecule has 0 aliphatic heterocycles. The Balaban J connectivity index is 2.27. The van der Waals surface area contributed by atoms with Gasteiger partial charge in [0.1, 0.15) is 5.69 Å². The van der Waals surface area contributed by atoms with Crippen molar-refractivity contribution in [3.63, 3.8) is 0 Å². The SMILES string of the molecule is Cc1cc(CNc2c(F)c(F)cc(F)c2F)n(C)n1. The highest BCUT2D eigenvalue weighted by Gasteiger charge is 2.19. The van der Waals surface area contributed by atoms with Gasteiger partial charge in [0.25, 0.3) is 0 Å². The largest absolute Gasteiger partial charge is 0.374 e. The fourth-order valence-corrected chi connectivity index (χ4v) is 1.74. The lowest BCUT2D eigenvalue weighted by Gasteiger charge is -2.10. The van der Waals surface area contributed by atoms with Gasteiger partial charge in [0.2, 0.25) is 0 Å². The number of aryl methyl sites for hydroxylation is 2. The van der Waals surface area contributed by atoms with Gasteiger partial charge in [-0.25, -0.2) is 17.6 Å². The molecule has 0 atom stereocenters. The zero-order chi connectivity index (χ0) is 14.2. The maximum Gasteiger partial charge on any atom is 0.185 e. The maximum atomic E-state index is 13.4. The lowest BCUT2D eigenvalue weighted by atomic mass is 10.2. The first-order chi connectivity index (χ1) is 8.90. The van der Waals surface area contributed by atoms with Crippen LogP contribution in [0, 0.1) is 30.2 Å². The first-order valence-electron chi connectivity index (χ1n) is 5.46. The number of anilines is 1. The van der Waals surface area contributed by atoms with Crippen molar-refractivity contribution in [3.8, 4) is 0 Å². The average Bonchev–Trinajstić information content (AvgIpc) is 2.65. The van der Waals surface area contributed by atoms with Crippen molar-refractivity contribution < 1.29 is 17.6 Å². The van der Waals surface area contributed by atoms with Crippen molar-refractivity contribution in [2.45, 2.75) is 13.5 Å². The minimum Gasteiger partial charge on any atom is -0.374 e. The first-order valence-corrected chi connectivity index (χ1v) is 5.46. The van der Waals surface area contributed by atoms with E-state index in [1.807, 2.05) is 0 Å². The Labute approximate surface area is 106 Å². The van der Waals surface area contributed by atoms with E-state index in [9.17, 15) is 17.6 Å². The van der Waals surface area contributed by atoms with Crippen LogP contribution in [0.25, 0.3) is 0 Å². The Hall–Kier alpha value is -2.05. The number of benzene rings is 1. The number of aromatic nitrogens is 2. The lowest BCUT2D eigenvalue weighted by Crippen LogP contribution is -2.10. The predicted molar refractivity (Wildman–Crippen MR) is 61.5 cm³/mol. The molecule has 2 aromatic rings. The van der Waals surface area contributed by atoms with Gasteiger partial charge < -0.3 is 5.32 Å². The summed E-state index contributed by atoms with van der Waals surface area (Å²) in [5, 5.41) is 6.39. The minimum absolute atomic E-state index is 0.00588. The van der Waals surface area contributed by atoms with Gasteiger partial charge in [-0.3, -0.25) is 4.68 Å². The van der Waals surface area contributed by atoms with Gasteiger partial charge >= 0.3 is 0 Å². The second-order valence-corrected chi connectivity index (χ2v) is 4.10. The summed E-state index contributed by atoms with van der Waals surface area (Å²) in [4.78, 5) is 0. The summed E-state index contributed by atoms with van der Waals surface area (Å²) in [6, 6.07) is 1.86. The number of hydrogen-bond donors (Lipinski definition) is 1. The fraction of sp³-hybridized carbons (Fsp3) is 0.250. The summed E-state index contributed by atoms with van der Waals surface area (Å²) < 4.78 is 54.3. The summed E-state index contributed by atoms with van der Waals surface area (Å²) in [5.41, 5.74) is 0.531. The zero-order valence-corrected chi connectivity index (χ0v) is 10.3. The highest BCUT2D eigenvalue weighted by Crippen LogP contribution is 2.24. The molecule has 0 amide bonds. The highest BCUT2D eigenvalue weighted by atomic mass is 19.2.